The molecule has 144 valence electrons. The van der Waals surface area contributed by atoms with Crippen LogP contribution < -0.4 is 5.32 Å². The number of nitrogens with one attached hydrogen (secondary N) is 1. The molecule has 3 heterocycles. The highest BCUT2D eigenvalue weighted by atomic mass is 16.3. The predicted molar refractivity (Wildman–Crippen MR) is 99.6 cm³/mol. The summed E-state index contributed by atoms with van der Waals surface area (Å²) in [6.07, 6.45) is 3.27. The van der Waals surface area contributed by atoms with Gasteiger partial charge in [-0.05, 0) is 50.8 Å². The number of carbonyl (C=O) groups excluding carboxylic acids is 3. The second-order valence-corrected chi connectivity index (χ2v) is 7.11. The van der Waals surface area contributed by atoms with Crippen molar-refractivity contribution in [2.24, 2.45) is 13.0 Å². The number of likely N-dealkylation sites (tertiary alicyclic amines) is 1. The molecule has 0 aliphatic carbocycles. The summed E-state index contributed by atoms with van der Waals surface area (Å²) < 4.78 is 7.05. The van der Waals surface area contributed by atoms with E-state index in [1.165, 1.54) is 0 Å². The van der Waals surface area contributed by atoms with Crippen LogP contribution in [0.4, 0.5) is 0 Å². The molecule has 0 aromatic carbocycles. The van der Waals surface area contributed by atoms with Gasteiger partial charge in [-0.15, -0.1) is 0 Å². The number of nitrogens with zero attached hydrogens (tertiary/aromatic N) is 2. The summed E-state index contributed by atoms with van der Waals surface area (Å²) in [5.74, 6) is 0.555. The molecule has 0 radical (unpaired) electrons. The molecule has 1 aliphatic rings. The summed E-state index contributed by atoms with van der Waals surface area (Å²) in [5.41, 5.74) is 0.966. The van der Waals surface area contributed by atoms with Crippen LogP contribution in [-0.4, -0.2) is 46.7 Å². The molecule has 7 nitrogen and oxygen atoms in total. The third kappa shape index (κ3) is 4.13. The van der Waals surface area contributed by atoms with Crippen LogP contribution in [0.2, 0.25) is 0 Å². The van der Waals surface area contributed by atoms with Crippen molar-refractivity contribution in [3.8, 4) is 0 Å². The monoisotopic (exact) mass is 371 g/mol. The number of aromatic nitrogens is 1. The van der Waals surface area contributed by atoms with Crippen molar-refractivity contribution in [2.75, 3.05) is 19.6 Å². The first kappa shape index (κ1) is 18.9. The van der Waals surface area contributed by atoms with Gasteiger partial charge >= 0.3 is 0 Å². The van der Waals surface area contributed by atoms with Crippen LogP contribution in [0.25, 0.3) is 0 Å². The van der Waals surface area contributed by atoms with Crippen molar-refractivity contribution in [1.29, 1.82) is 0 Å². The van der Waals surface area contributed by atoms with E-state index in [4.69, 9.17) is 4.42 Å². The molecule has 3 rings (SSSR count). The maximum absolute atomic E-state index is 12.4. The number of furan rings is 1. The van der Waals surface area contributed by atoms with E-state index >= 15 is 0 Å². The number of aryl methyl sites for hydroxylation is 3. The summed E-state index contributed by atoms with van der Waals surface area (Å²) in [6, 6.07) is 5.14. The Labute approximate surface area is 158 Å². The Bertz CT molecular complexity index is 856. The molecule has 0 unspecified atom stereocenters. The smallest absolute Gasteiger partial charge is 0.296 e. The second kappa shape index (κ2) is 7.82. The van der Waals surface area contributed by atoms with Gasteiger partial charge in [-0.2, -0.15) is 0 Å². The summed E-state index contributed by atoms with van der Waals surface area (Å²) >= 11 is 0. The molecular weight excluding hydrogens is 346 g/mol. The minimum Gasteiger partial charge on any atom is -0.466 e. The first-order valence-electron chi connectivity index (χ1n) is 9.17. The standard InChI is InChI=1S/C20H25N3O4/c1-13-11-16(14(2)27-13)19(25)21-12-15-6-9-23(10-7-15)20(26)18(24)17-5-4-8-22(17)3/h4-5,8,11,15H,6-7,9-10,12H2,1-3H3,(H,21,25). The Morgan fingerprint density at radius 3 is 2.48 bits per heavy atom. The third-order valence-electron chi connectivity index (χ3n) is 5.11. The van der Waals surface area contributed by atoms with Crippen LogP contribution in [0.1, 0.15) is 45.2 Å². The number of ketones is 1. The Morgan fingerprint density at radius 1 is 1.22 bits per heavy atom. The lowest BCUT2D eigenvalue weighted by atomic mass is 9.96. The molecule has 1 N–H and O–H groups in total. The first-order chi connectivity index (χ1) is 12.9. The number of piperidine rings is 1. The van der Waals surface area contributed by atoms with Crippen molar-refractivity contribution in [3.63, 3.8) is 0 Å². The van der Waals surface area contributed by atoms with Crippen LogP contribution in [0.5, 0.6) is 0 Å². The normalized spacial score (nSPS) is 15.0. The highest BCUT2D eigenvalue weighted by Gasteiger charge is 2.29. The van der Waals surface area contributed by atoms with Gasteiger partial charge in [0.05, 0.1) is 11.3 Å². The molecule has 2 aromatic rings. The van der Waals surface area contributed by atoms with Crippen LogP contribution >= 0.6 is 0 Å². The topological polar surface area (TPSA) is 84.5 Å². The predicted octanol–water partition coefficient (Wildman–Crippen LogP) is 2.09. The summed E-state index contributed by atoms with van der Waals surface area (Å²) in [7, 11) is 1.75. The van der Waals surface area contributed by atoms with E-state index in [9.17, 15) is 14.4 Å². The van der Waals surface area contributed by atoms with Crippen molar-refractivity contribution < 1.29 is 18.8 Å². The number of Topliss-reactive ketones (excluding diaryl/α,β-unsaturated/α-hetero) is 1. The van der Waals surface area contributed by atoms with Gasteiger partial charge in [0.25, 0.3) is 17.6 Å². The number of hydrogen-bond acceptors (Lipinski definition) is 4. The molecule has 2 amide bonds. The fraction of sp³-hybridized carbons (Fsp3) is 0.450. The van der Waals surface area contributed by atoms with Gasteiger partial charge in [-0.25, -0.2) is 0 Å². The zero-order valence-electron chi connectivity index (χ0n) is 15.9. The van der Waals surface area contributed by atoms with Crippen LogP contribution in [0.15, 0.2) is 28.8 Å². The molecule has 1 aliphatic heterocycles. The molecule has 27 heavy (non-hydrogen) atoms. The number of carbonyl (C=O) groups is 3. The lowest BCUT2D eigenvalue weighted by molar-refractivity contribution is -0.127. The zero-order chi connectivity index (χ0) is 19.6. The number of amides is 2. The van der Waals surface area contributed by atoms with Crippen molar-refractivity contribution in [2.45, 2.75) is 26.7 Å². The molecule has 0 atom stereocenters. The summed E-state index contributed by atoms with van der Waals surface area (Å²) in [4.78, 5) is 38.6. The molecule has 1 saturated heterocycles. The fourth-order valence-corrected chi connectivity index (χ4v) is 3.48. The van der Waals surface area contributed by atoms with Gasteiger partial charge in [0.15, 0.2) is 0 Å². The molecule has 0 bridgehead atoms. The van der Waals surface area contributed by atoms with Gasteiger partial charge in [-0.3, -0.25) is 14.4 Å². The van der Waals surface area contributed by atoms with Crippen molar-refractivity contribution in [1.82, 2.24) is 14.8 Å². The van der Waals surface area contributed by atoms with E-state index in [2.05, 4.69) is 5.32 Å². The maximum Gasteiger partial charge on any atom is 0.296 e. The molecule has 0 spiro atoms. The average Bonchev–Trinajstić information content (AvgIpc) is 3.23. The summed E-state index contributed by atoms with van der Waals surface area (Å²) in [5, 5.41) is 2.95. The minimum absolute atomic E-state index is 0.137. The zero-order valence-corrected chi connectivity index (χ0v) is 15.9. The first-order valence-corrected chi connectivity index (χ1v) is 9.17. The van der Waals surface area contributed by atoms with E-state index in [1.807, 2.05) is 6.92 Å². The van der Waals surface area contributed by atoms with Gasteiger partial charge in [0.1, 0.15) is 11.5 Å². The van der Waals surface area contributed by atoms with Gasteiger partial charge < -0.3 is 19.2 Å². The SMILES string of the molecule is Cc1cc(C(=O)NCC2CCN(C(=O)C(=O)c3cccn3C)CC2)c(C)o1. The van der Waals surface area contributed by atoms with Crippen LogP contribution in [0.3, 0.4) is 0 Å². The second-order valence-electron chi connectivity index (χ2n) is 7.11. The maximum atomic E-state index is 12.4. The number of hydrogen-bond donors (Lipinski definition) is 1. The third-order valence-corrected chi connectivity index (χ3v) is 5.11. The molecule has 1 fully saturated rings. The Balaban J connectivity index is 1.48. The van der Waals surface area contributed by atoms with E-state index in [0.717, 1.165) is 12.8 Å². The largest absolute Gasteiger partial charge is 0.466 e. The van der Waals surface area contributed by atoms with E-state index in [0.29, 0.717) is 42.4 Å². The van der Waals surface area contributed by atoms with E-state index < -0.39 is 11.7 Å². The van der Waals surface area contributed by atoms with Gasteiger partial charge in [0, 0.05) is 32.9 Å². The summed E-state index contributed by atoms with van der Waals surface area (Å²) in [6.45, 7) is 5.19. The highest BCUT2D eigenvalue weighted by Crippen LogP contribution is 2.19. The minimum atomic E-state index is -0.472. The fourth-order valence-electron chi connectivity index (χ4n) is 3.48. The quantitative estimate of drug-likeness (QED) is 0.644. The average molecular weight is 371 g/mol. The van der Waals surface area contributed by atoms with Crippen LogP contribution in [0, 0.1) is 19.8 Å². The van der Waals surface area contributed by atoms with Crippen LogP contribution in [-0.2, 0) is 11.8 Å². The van der Waals surface area contributed by atoms with Gasteiger partial charge in [-0.1, -0.05) is 0 Å². The lowest BCUT2D eigenvalue weighted by Gasteiger charge is -2.31. The molecule has 7 heteroatoms. The lowest BCUT2D eigenvalue weighted by Crippen LogP contribution is -2.44. The molecular formula is C20H25N3O4. The highest BCUT2D eigenvalue weighted by molar-refractivity contribution is 6.42. The Morgan fingerprint density at radius 2 is 1.93 bits per heavy atom. The van der Waals surface area contributed by atoms with Crippen molar-refractivity contribution in [3.05, 3.63) is 47.2 Å². The molecule has 0 saturated carbocycles. The Kier molecular flexibility index (Phi) is 5.48. The number of rotatable bonds is 5. The van der Waals surface area contributed by atoms with E-state index in [1.54, 1.807) is 47.8 Å². The van der Waals surface area contributed by atoms with E-state index in [-0.39, 0.29) is 11.8 Å². The van der Waals surface area contributed by atoms with Gasteiger partial charge in [0.2, 0.25) is 0 Å². The molecule has 2 aromatic heterocycles. The van der Waals surface area contributed by atoms with Crippen molar-refractivity contribution >= 4 is 17.6 Å². The Hall–Kier alpha value is -2.83.